The number of hydrogen-bond donors (Lipinski definition) is 1. The van der Waals surface area contributed by atoms with Crippen LogP contribution in [0.3, 0.4) is 0 Å². The average Bonchev–Trinajstić information content (AvgIpc) is 2.14. The fourth-order valence-electron chi connectivity index (χ4n) is 1.46. The molecule has 2 heteroatoms. The number of benzene rings is 1. The predicted octanol–water partition coefficient (Wildman–Crippen LogP) is 2.61. The first-order valence-electron chi connectivity index (χ1n) is 5.55. The van der Waals surface area contributed by atoms with E-state index < -0.39 is 0 Å². The van der Waals surface area contributed by atoms with Crippen LogP contribution in [-0.2, 0) is 6.42 Å². The highest BCUT2D eigenvalue weighted by Crippen LogP contribution is 2.16. The molecule has 0 spiro atoms. The Morgan fingerprint density at radius 2 is 2.00 bits per heavy atom. The maximum absolute atomic E-state index is 5.63. The van der Waals surface area contributed by atoms with Gasteiger partial charge in [0.25, 0.3) is 0 Å². The molecule has 0 fully saturated rings. The van der Waals surface area contributed by atoms with Crippen LogP contribution < -0.4 is 10.5 Å². The summed E-state index contributed by atoms with van der Waals surface area (Å²) in [6.07, 6.45) is 1.09. The van der Waals surface area contributed by atoms with Crippen molar-refractivity contribution in [3.63, 3.8) is 0 Å². The Morgan fingerprint density at radius 3 is 2.60 bits per heavy atom. The van der Waals surface area contributed by atoms with Gasteiger partial charge in [-0.2, -0.15) is 0 Å². The Hall–Kier alpha value is -1.02. The molecule has 0 heterocycles. The molecule has 1 atom stereocenters. The monoisotopic (exact) mass is 207 g/mol. The van der Waals surface area contributed by atoms with Crippen molar-refractivity contribution in [1.29, 1.82) is 0 Å². The summed E-state index contributed by atoms with van der Waals surface area (Å²) in [5.74, 6) is 1.60. The third-order valence-corrected chi connectivity index (χ3v) is 2.06. The van der Waals surface area contributed by atoms with Gasteiger partial charge in [-0.1, -0.05) is 26.0 Å². The molecule has 0 saturated carbocycles. The standard InChI is InChI=1S/C13H21NO/c1-10(2)7-12-5-4-6-13(8-12)15-9-11(3)14/h4-6,8,10-11H,7,9,14H2,1-3H3. The molecule has 0 amide bonds. The van der Waals surface area contributed by atoms with E-state index in [-0.39, 0.29) is 6.04 Å². The van der Waals surface area contributed by atoms with E-state index in [1.54, 1.807) is 0 Å². The highest BCUT2D eigenvalue weighted by atomic mass is 16.5. The van der Waals surface area contributed by atoms with Crippen LogP contribution in [0.5, 0.6) is 5.75 Å². The van der Waals surface area contributed by atoms with Crippen LogP contribution in [0.1, 0.15) is 26.3 Å². The van der Waals surface area contributed by atoms with Gasteiger partial charge in [0.15, 0.2) is 0 Å². The Kier molecular flexibility index (Phi) is 4.63. The van der Waals surface area contributed by atoms with E-state index in [1.807, 2.05) is 19.1 Å². The molecule has 84 valence electrons. The number of ether oxygens (including phenoxy) is 1. The molecule has 0 bridgehead atoms. The smallest absolute Gasteiger partial charge is 0.119 e. The minimum absolute atomic E-state index is 0.0822. The van der Waals surface area contributed by atoms with Gasteiger partial charge in [-0.15, -0.1) is 0 Å². The lowest BCUT2D eigenvalue weighted by molar-refractivity contribution is 0.296. The average molecular weight is 207 g/mol. The van der Waals surface area contributed by atoms with Gasteiger partial charge in [0.2, 0.25) is 0 Å². The zero-order valence-corrected chi connectivity index (χ0v) is 9.86. The highest BCUT2D eigenvalue weighted by Gasteiger charge is 2.01. The minimum atomic E-state index is 0.0822. The van der Waals surface area contributed by atoms with Gasteiger partial charge < -0.3 is 10.5 Å². The number of rotatable bonds is 5. The first-order valence-corrected chi connectivity index (χ1v) is 5.55. The van der Waals surface area contributed by atoms with Gasteiger partial charge in [-0.25, -0.2) is 0 Å². The maximum atomic E-state index is 5.63. The lowest BCUT2D eigenvalue weighted by Gasteiger charge is -2.10. The van der Waals surface area contributed by atoms with Crippen LogP contribution in [0.4, 0.5) is 0 Å². The summed E-state index contributed by atoms with van der Waals surface area (Å²) in [6.45, 7) is 6.95. The Balaban J connectivity index is 2.57. The first-order chi connectivity index (χ1) is 7.08. The van der Waals surface area contributed by atoms with E-state index in [2.05, 4.69) is 26.0 Å². The SMILES string of the molecule is CC(C)Cc1cccc(OCC(C)N)c1. The van der Waals surface area contributed by atoms with Crippen LogP contribution in [0.25, 0.3) is 0 Å². The molecule has 0 aliphatic rings. The predicted molar refractivity (Wildman–Crippen MR) is 64.1 cm³/mol. The quantitative estimate of drug-likeness (QED) is 0.805. The van der Waals surface area contributed by atoms with E-state index in [0.717, 1.165) is 12.2 Å². The Morgan fingerprint density at radius 1 is 1.27 bits per heavy atom. The lowest BCUT2D eigenvalue weighted by atomic mass is 10.0. The van der Waals surface area contributed by atoms with E-state index in [4.69, 9.17) is 10.5 Å². The second kappa shape index (κ2) is 5.76. The molecule has 2 nitrogen and oxygen atoms in total. The fourth-order valence-corrected chi connectivity index (χ4v) is 1.46. The second-order valence-corrected chi connectivity index (χ2v) is 4.53. The molecule has 1 unspecified atom stereocenters. The number of hydrogen-bond acceptors (Lipinski definition) is 2. The molecule has 0 saturated heterocycles. The number of nitrogens with two attached hydrogens (primary N) is 1. The van der Waals surface area contributed by atoms with Gasteiger partial charge in [0.05, 0.1) is 0 Å². The van der Waals surface area contributed by atoms with Crippen molar-refractivity contribution in [3.8, 4) is 5.75 Å². The van der Waals surface area contributed by atoms with Gasteiger partial charge in [0.1, 0.15) is 12.4 Å². The van der Waals surface area contributed by atoms with Gasteiger partial charge in [-0.3, -0.25) is 0 Å². The summed E-state index contributed by atoms with van der Waals surface area (Å²) in [7, 11) is 0. The molecule has 2 N–H and O–H groups in total. The van der Waals surface area contributed by atoms with Crippen LogP contribution >= 0.6 is 0 Å². The van der Waals surface area contributed by atoms with Crippen molar-refractivity contribution in [2.24, 2.45) is 11.7 Å². The van der Waals surface area contributed by atoms with Crippen molar-refractivity contribution < 1.29 is 4.74 Å². The topological polar surface area (TPSA) is 35.2 Å². The normalized spacial score (nSPS) is 12.9. The summed E-state index contributed by atoms with van der Waals surface area (Å²) in [4.78, 5) is 0. The highest BCUT2D eigenvalue weighted by molar-refractivity contribution is 5.28. The molecule has 15 heavy (non-hydrogen) atoms. The fraction of sp³-hybridized carbons (Fsp3) is 0.538. The summed E-state index contributed by atoms with van der Waals surface area (Å²) >= 11 is 0. The zero-order valence-electron chi connectivity index (χ0n) is 9.86. The summed E-state index contributed by atoms with van der Waals surface area (Å²) in [5, 5.41) is 0. The van der Waals surface area contributed by atoms with E-state index in [1.165, 1.54) is 5.56 Å². The van der Waals surface area contributed by atoms with Crippen LogP contribution in [0.2, 0.25) is 0 Å². The van der Waals surface area contributed by atoms with Crippen molar-refractivity contribution in [1.82, 2.24) is 0 Å². The first kappa shape index (κ1) is 12.1. The summed E-state index contributed by atoms with van der Waals surface area (Å²) < 4.78 is 5.56. The maximum Gasteiger partial charge on any atom is 0.119 e. The Bertz CT molecular complexity index is 294. The van der Waals surface area contributed by atoms with Gasteiger partial charge >= 0.3 is 0 Å². The van der Waals surface area contributed by atoms with Gasteiger partial charge in [-0.05, 0) is 37.0 Å². The minimum Gasteiger partial charge on any atom is -0.492 e. The molecule has 0 radical (unpaired) electrons. The molecule has 1 aromatic rings. The zero-order chi connectivity index (χ0) is 11.3. The molecular weight excluding hydrogens is 186 g/mol. The molecular formula is C13H21NO. The van der Waals surface area contributed by atoms with Crippen LogP contribution in [-0.4, -0.2) is 12.6 Å². The van der Waals surface area contributed by atoms with Gasteiger partial charge in [0, 0.05) is 6.04 Å². The summed E-state index contributed by atoms with van der Waals surface area (Å²) in [6, 6.07) is 8.33. The van der Waals surface area contributed by atoms with Crippen molar-refractivity contribution in [3.05, 3.63) is 29.8 Å². The van der Waals surface area contributed by atoms with Crippen LogP contribution in [0, 0.1) is 5.92 Å². The molecule has 0 aromatic heterocycles. The Labute approximate surface area is 92.4 Å². The third kappa shape index (κ3) is 4.84. The van der Waals surface area contributed by atoms with Crippen molar-refractivity contribution in [2.75, 3.05) is 6.61 Å². The molecule has 1 rings (SSSR count). The molecule has 0 aliphatic heterocycles. The summed E-state index contributed by atoms with van der Waals surface area (Å²) in [5.41, 5.74) is 6.96. The van der Waals surface area contributed by atoms with E-state index in [9.17, 15) is 0 Å². The largest absolute Gasteiger partial charge is 0.492 e. The third-order valence-electron chi connectivity index (χ3n) is 2.06. The van der Waals surface area contributed by atoms with Crippen molar-refractivity contribution >= 4 is 0 Å². The van der Waals surface area contributed by atoms with Crippen molar-refractivity contribution in [2.45, 2.75) is 33.2 Å². The molecule has 0 aliphatic carbocycles. The van der Waals surface area contributed by atoms with E-state index in [0.29, 0.717) is 12.5 Å². The second-order valence-electron chi connectivity index (χ2n) is 4.53. The van der Waals surface area contributed by atoms with Crippen LogP contribution in [0.15, 0.2) is 24.3 Å². The molecule has 1 aromatic carbocycles. The van der Waals surface area contributed by atoms with E-state index >= 15 is 0 Å². The lowest BCUT2D eigenvalue weighted by Crippen LogP contribution is -2.23.